The van der Waals surface area contributed by atoms with Gasteiger partial charge in [-0.25, -0.2) is 0 Å². The third kappa shape index (κ3) is 2.64. The van der Waals surface area contributed by atoms with Gasteiger partial charge in [-0.05, 0) is 24.5 Å². The average molecular weight is 327 g/mol. The number of hydrogen-bond acceptors (Lipinski definition) is 0. The summed E-state index contributed by atoms with van der Waals surface area (Å²) in [6.45, 7) is 4.60. The van der Waals surface area contributed by atoms with Crippen LogP contribution in [0.4, 0.5) is 0 Å². The van der Waals surface area contributed by atoms with E-state index < -0.39 is 0 Å². The molecule has 4 rings (SSSR count). The molecule has 1 nitrogen and oxygen atoms in total. The van der Waals surface area contributed by atoms with Crippen LogP contribution in [0, 0.1) is 0 Å². The second-order valence-electron chi connectivity index (χ2n) is 6.81. The summed E-state index contributed by atoms with van der Waals surface area (Å²) >= 11 is 0. The number of benzene rings is 3. The molecule has 0 saturated heterocycles. The van der Waals surface area contributed by atoms with E-state index in [1.165, 1.54) is 45.8 Å². The minimum absolute atomic E-state index is 0.539. The van der Waals surface area contributed by atoms with Gasteiger partial charge in [0.2, 0.25) is 0 Å². The van der Waals surface area contributed by atoms with Crippen LogP contribution in [0.3, 0.4) is 0 Å². The van der Waals surface area contributed by atoms with E-state index in [0.29, 0.717) is 6.04 Å². The molecule has 0 bridgehead atoms. The second-order valence-corrected chi connectivity index (χ2v) is 6.81. The van der Waals surface area contributed by atoms with E-state index in [9.17, 15) is 0 Å². The SMILES string of the molecule is CCCC(CC)n1c2ccccc2c2cccc(-c3ccccc3)c21. The van der Waals surface area contributed by atoms with E-state index in [0.717, 1.165) is 6.42 Å². The molecule has 0 aliphatic heterocycles. The van der Waals surface area contributed by atoms with Crippen molar-refractivity contribution in [2.75, 3.05) is 0 Å². The Labute approximate surface area is 149 Å². The maximum absolute atomic E-state index is 2.61. The standard InChI is InChI=1S/C24H25N/c1-3-11-19(4-2)25-23-17-9-8-14-21(23)22-16-10-15-20(24(22)25)18-12-6-5-7-13-18/h5-10,12-17,19H,3-4,11H2,1-2H3. The molecule has 4 aromatic rings. The molecular formula is C24H25N. The van der Waals surface area contributed by atoms with Gasteiger partial charge < -0.3 is 4.57 Å². The van der Waals surface area contributed by atoms with Crippen molar-refractivity contribution in [3.8, 4) is 11.1 Å². The van der Waals surface area contributed by atoms with Gasteiger partial charge in [0.15, 0.2) is 0 Å². The van der Waals surface area contributed by atoms with Gasteiger partial charge in [-0.1, -0.05) is 87.0 Å². The molecule has 1 heteroatoms. The van der Waals surface area contributed by atoms with Gasteiger partial charge in [-0.15, -0.1) is 0 Å². The Bertz CT molecular complexity index is 995. The third-order valence-corrected chi connectivity index (χ3v) is 5.27. The number of nitrogens with zero attached hydrogens (tertiary/aromatic N) is 1. The molecule has 25 heavy (non-hydrogen) atoms. The summed E-state index contributed by atoms with van der Waals surface area (Å²) in [5.74, 6) is 0. The van der Waals surface area contributed by atoms with Crippen LogP contribution in [0.5, 0.6) is 0 Å². The molecule has 1 heterocycles. The Balaban J connectivity index is 2.12. The summed E-state index contributed by atoms with van der Waals surface area (Å²) in [6, 6.07) is 26.9. The van der Waals surface area contributed by atoms with Crippen LogP contribution >= 0.6 is 0 Å². The topological polar surface area (TPSA) is 4.93 Å². The summed E-state index contributed by atoms with van der Waals surface area (Å²) in [5.41, 5.74) is 5.38. The Morgan fingerprint density at radius 2 is 1.48 bits per heavy atom. The summed E-state index contributed by atoms with van der Waals surface area (Å²) in [7, 11) is 0. The normalized spacial score (nSPS) is 12.7. The van der Waals surface area contributed by atoms with Gasteiger partial charge in [0, 0.05) is 27.9 Å². The predicted octanol–water partition coefficient (Wildman–Crippen LogP) is 7.21. The lowest BCUT2D eigenvalue weighted by Crippen LogP contribution is -2.08. The monoisotopic (exact) mass is 327 g/mol. The lowest BCUT2D eigenvalue weighted by molar-refractivity contribution is 0.471. The zero-order valence-electron chi connectivity index (χ0n) is 15.1. The van der Waals surface area contributed by atoms with Crippen LogP contribution in [0.1, 0.15) is 39.2 Å². The maximum Gasteiger partial charge on any atom is 0.0573 e. The third-order valence-electron chi connectivity index (χ3n) is 5.27. The first kappa shape index (κ1) is 16.0. The summed E-state index contributed by atoms with van der Waals surface area (Å²) in [6.07, 6.45) is 3.58. The largest absolute Gasteiger partial charge is 0.337 e. The van der Waals surface area contributed by atoms with Gasteiger partial charge in [-0.2, -0.15) is 0 Å². The first-order chi connectivity index (χ1) is 12.3. The molecule has 1 unspecified atom stereocenters. The fourth-order valence-electron chi connectivity index (χ4n) is 4.13. The molecular weight excluding hydrogens is 302 g/mol. The highest BCUT2D eigenvalue weighted by atomic mass is 15.0. The van der Waals surface area contributed by atoms with Crippen molar-refractivity contribution in [2.24, 2.45) is 0 Å². The zero-order chi connectivity index (χ0) is 17.2. The predicted molar refractivity (Wildman–Crippen MR) is 109 cm³/mol. The second kappa shape index (κ2) is 6.76. The Kier molecular flexibility index (Phi) is 4.31. The van der Waals surface area contributed by atoms with Crippen LogP contribution < -0.4 is 0 Å². The van der Waals surface area contributed by atoms with E-state index in [1.54, 1.807) is 0 Å². The molecule has 126 valence electrons. The lowest BCUT2D eigenvalue weighted by atomic mass is 10.0. The number of hydrogen-bond donors (Lipinski definition) is 0. The van der Waals surface area contributed by atoms with E-state index in [-0.39, 0.29) is 0 Å². The van der Waals surface area contributed by atoms with E-state index in [2.05, 4.69) is 91.2 Å². The molecule has 1 atom stereocenters. The van der Waals surface area contributed by atoms with Crippen molar-refractivity contribution in [2.45, 2.75) is 39.2 Å². The number of aromatic nitrogens is 1. The first-order valence-corrected chi connectivity index (χ1v) is 9.42. The smallest absolute Gasteiger partial charge is 0.0573 e. The average Bonchev–Trinajstić information content (AvgIpc) is 3.01. The molecule has 0 spiro atoms. The van der Waals surface area contributed by atoms with Crippen LogP contribution in [0.25, 0.3) is 32.9 Å². The minimum atomic E-state index is 0.539. The molecule has 0 N–H and O–H groups in total. The molecule has 3 aromatic carbocycles. The van der Waals surface area contributed by atoms with Crippen LogP contribution in [-0.2, 0) is 0 Å². The fraction of sp³-hybridized carbons (Fsp3) is 0.250. The molecule has 0 amide bonds. The van der Waals surface area contributed by atoms with E-state index >= 15 is 0 Å². The Morgan fingerprint density at radius 1 is 0.760 bits per heavy atom. The van der Waals surface area contributed by atoms with Crippen molar-refractivity contribution in [1.82, 2.24) is 4.57 Å². The van der Waals surface area contributed by atoms with Crippen molar-refractivity contribution in [3.05, 3.63) is 72.8 Å². The molecule has 0 aliphatic carbocycles. The summed E-state index contributed by atoms with van der Waals surface area (Å²) in [5, 5.41) is 2.73. The van der Waals surface area contributed by atoms with Gasteiger partial charge in [0.05, 0.1) is 5.52 Å². The van der Waals surface area contributed by atoms with E-state index in [1.807, 2.05) is 0 Å². The zero-order valence-corrected chi connectivity index (χ0v) is 15.1. The highest BCUT2D eigenvalue weighted by Gasteiger charge is 2.19. The maximum atomic E-state index is 2.61. The van der Waals surface area contributed by atoms with Gasteiger partial charge in [-0.3, -0.25) is 0 Å². The molecule has 0 saturated carbocycles. The number of fused-ring (bicyclic) bond motifs is 3. The minimum Gasteiger partial charge on any atom is -0.337 e. The quantitative estimate of drug-likeness (QED) is 0.365. The molecule has 1 aromatic heterocycles. The van der Waals surface area contributed by atoms with Gasteiger partial charge in [0.1, 0.15) is 0 Å². The highest BCUT2D eigenvalue weighted by molar-refractivity contribution is 6.12. The van der Waals surface area contributed by atoms with Crippen molar-refractivity contribution >= 4 is 21.8 Å². The van der Waals surface area contributed by atoms with Crippen LogP contribution in [0.2, 0.25) is 0 Å². The fourth-order valence-corrected chi connectivity index (χ4v) is 4.13. The Hall–Kier alpha value is -2.54. The van der Waals surface area contributed by atoms with Gasteiger partial charge >= 0.3 is 0 Å². The first-order valence-electron chi connectivity index (χ1n) is 9.42. The summed E-state index contributed by atoms with van der Waals surface area (Å²) < 4.78 is 2.61. The van der Waals surface area contributed by atoms with Crippen LogP contribution in [0.15, 0.2) is 72.8 Å². The summed E-state index contributed by atoms with van der Waals surface area (Å²) in [4.78, 5) is 0. The molecule has 0 aliphatic rings. The van der Waals surface area contributed by atoms with Crippen molar-refractivity contribution < 1.29 is 0 Å². The number of para-hydroxylation sites is 2. The number of rotatable bonds is 5. The van der Waals surface area contributed by atoms with Gasteiger partial charge in [0.25, 0.3) is 0 Å². The highest BCUT2D eigenvalue weighted by Crippen LogP contribution is 2.39. The van der Waals surface area contributed by atoms with Crippen LogP contribution in [-0.4, -0.2) is 4.57 Å². The van der Waals surface area contributed by atoms with Crippen molar-refractivity contribution in [1.29, 1.82) is 0 Å². The van der Waals surface area contributed by atoms with E-state index in [4.69, 9.17) is 0 Å². The molecule has 0 fully saturated rings. The Morgan fingerprint density at radius 3 is 2.24 bits per heavy atom. The van der Waals surface area contributed by atoms with Crippen molar-refractivity contribution in [3.63, 3.8) is 0 Å². The lowest BCUT2D eigenvalue weighted by Gasteiger charge is -2.21. The molecule has 0 radical (unpaired) electrons.